The van der Waals surface area contributed by atoms with Gasteiger partial charge in [0.15, 0.2) is 0 Å². The van der Waals surface area contributed by atoms with Crippen LogP contribution in [-0.4, -0.2) is 23.9 Å². The number of amides is 2. The normalized spacial score (nSPS) is 16.2. The molecule has 0 saturated heterocycles. The van der Waals surface area contributed by atoms with Gasteiger partial charge < -0.3 is 10.6 Å². The quantitative estimate of drug-likeness (QED) is 0.823. The van der Waals surface area contributed by atoms with Crippen LogP contribution in [0.4, 0.5) is 0 Å². The SMILES string of the molecule is CC(NC(=O)c1cc(Br)sc1Br)C(=O)NC1CC1. The fraction of sp³-hybridized carbons (Fsp3) is 0.455. The number of hydrogen-bond acceptors (Lipinski definition) is 3. The monoisotopic (exact) mass is 394 g/mol. The van der Waals surface area contributed by atoms with Crippen LogP contribution >= 0.6 is 43.2 Å². The van der Waals surface area contributed by atoms with E-state index < -0.39 is 6.04 Å². The van der Waals surface area contributed by atoms with E-state index in [1.165, 1.54) is 11.3 Å². The zero-order chi connectivity index (χ0) is 13.3. The Hall–Kier alpha value is -0.400. The molecule has 1 heterocycles. The molecule has 0 aromatic carbocycles. The van der Waals surface area contributed by atoms with Crippen molar-refractivity contribution in [3.05, 3.63) is 19.2 Å². The number of nitrogens with one attached hydrogen (secondary N) is 2. The van der Waals surface area contributed by atoms with Crippen LogP contribution in [0.15, 0.2) is 13.6 Å². The third-order valence-electron chi connectivity index (χ3n) is 2.57. The molecule has 4 nitrogen and oxygen atoms in total. The van der Waals surface area contributed by atoms with Gasteiger partial charge in [0.1, 0.15) is 6.04 Å². The molecule has 1 aliphatic rings. The second-order valence-electron chi connectivity index (χ2n) is 4.22. The number of hydrogen-bond donors (Lipinski definition) is 2. The third-order valence-corrected chi connectivity index (χ3v) is 4.91. The van der Waals surface area contributed by atoms with Crippen molar-refractivity contribution in [1.82, 2.24) is 10.6 Å². The van der Waals surface area contributed by atoms with Gasteiger partial charge >= 0.3 is 0 Å². The highest BCUT2D eigenvalue weighted by atomic mass is 79.9. The van der Waals surface area contributed by atoms with E-state index in [0.717, 1.165) is 20.4 Å². The predicted octanol–water partition coefficient (Wildman–Crippen LogP) is 2.67. The summed E-state index contributed by atoms with van der Waals surface area (Å²) in [6.07, 6.45) is 2.07. The Kier molecular flexibility index (Phi) is 4.45. The van der Waals surface area contributed by atoms with Crippen molar-refractivity contribution in [1.29, 1.82) is 0 Å². The van der Waals surface area contributed by atoms with Gasteiger partial charge in [-0.3, -0.25) is 9.59 Å². The molecule has 1 saturated carbocycles. The van der Waals surface area contributed by atoms with E-state index in [0.29, 0.717) is 11.6 Å². The molecule has 2 N–H and O–H groups in total. The van der Waals surface area contributed by atoms with Crippen molar-refractivity contribution in [3.63, 3.8) is 0 Å². The van der Waals surface area contributed by atoms with Crippen LogP contribution < -0.4 is 10.6 Å². The molecule has 0 spiro atoms. The highest BCUT2D eigenvalue weighted by molar-refractivity contribution is 9.12. The van der Waals surface area contributed by atoms with Crippen molar-refractivity contribution < 1.29 is 9.59 Å². The molecule has 7 heteroatoms. The Labute approximate surface area is 126 Å². The molecule has 2 rings (SSSR count). The number of halogens is 2. The number of carbonyl (C=O) groups is 2. The first kappa shape index (κ1) is 14.0. The molecule has 1 aromatic rings. The molecule has 98 valence electrons. The smallest absolute Gasteiger partial charge is 0.253 e. The van der Waals surface area contributed by atoms with Gasteiger partial charge in [0.2, 0.25) is 5.91 Å². The van der Waals surface area contributed by atoms with Crippen LogP contribution in [0.25, 0.3) is 0 Å². The predicted molar refractivity (Wildman–Crippen MR) is 77.8 cm³/mol. The van der Waals surface area contributed by atoms with E-state index in [9.17, 15) is 9.59 Å². The van der Waals surface area contributed by atoms with E-state index >= 15 is 0 Å². The van der Waals surface area contributed by atoms with Gasteiger partial charge in [-0.15, -0.1) is 11.3 Å². The lowest BCUT2D eigenvalue weighted by Gasteiger charge is -2.13. The van der Waals surface area contributed by atoms with Crippen LogP contribution in [0.3, 0.4) is 0 Å². The van der Waals surface area contributed by atoms with E-state index in [2.05, 4.69) is 42.5 Å². The summed E-state index contributed by atoms with van der Waals surface area (Å²) < 4.78 is 1.62. The van der Waals surface area contributed by atoms with Crippen LogP contribution in [0.2, 0.25) is 0 Å². The Morgan fingerprint density at radius 1 is 1.44 bits per heavy atom. The molecule has 1 aliphatic carbocycles. The van der Waals surface area contributed by atoms with Crippen LogP contribution in [0, 0.1) is 0 Å². The van der Waals surface area contributed by atoms with Gasteiger partial charge in [0, 0.05) is 6.04 Å². The van der Waals surface area contributed by atoms with Crippen LogP contribution in [0.1, 0.15) is 30.1 Å². The van der Waals surface area contributed by atoms with E-state index in [-0.39, 0.29) is 11.8 Å². The summed E-state index contributed by atoms with van der Waals surface area (Å²) in [5, 5.41) is 5.55. The fourth-order valence-electron chi connectivity index (χ4n) is 1.39. The Morgan fingerprint density at radius 3 is 2.61 bits per heavy atom. The van der Waals surface area contributed by atoms with E-state index in [1.807, 2.05) is 0 Å². The van der Waals surface area contributed by atoms with Gasteiger partial charge in [0.25, 0.3) is 5.91 Å². The summed E-state index contributed by atoms with van der Waals surface area (Å²) in [6.45, 7) is 1.69. The minimum absolute atomic E-state index is 0.128. The zero-order valence-corrected chi connectivity index (χ0v) is 13.6. The minimum atomic E-state index is -0.524. The average Bonchev–Trinajstić information content (AvgIpc) is 3.02. The molecule has 2 amide bonds. The van der Waals surface area contributed by atoms with Gasteiger partial charge in [-0.2, -0.15) is 0 Å². The molecule has 0 aliphatic heterocycles. The van der Waals surface area contributed by atoms with Gasteiger partial charge in [-0.1, -0.05) is 0 Å². The van der Waals surface area contributed by atoms with Crippen molar-refractivity contribution >= 4 is 55.0 Å². The van der Waals surface area contributed by atoms with Gasteiger partial charge in [-0.05, 0) is 57.7 Å². The zero-order valence-electron chi connectivity index (χ0n) is 9.63. The molecule has 0 bridgehead atoms. The lowest BCUT2D eigenvalue weighted by molar-refractivity contribution is -0.122. The lowest BCUT2D eigenvalue weighted by Crippen LogP contribution is -2.45. The largest absolute Gasteiger partial charge is 0.352 e. The highest BCUT2D eigenvalue weighted by Gasteiger charge is 2.26. The second kappa shape index (κ2) is 5.71. The van der Waals surface area contributed by atoms with Crippen molar-refractivity contribution in [3.8, 4) is 0 Å². The molecule has 1 unspecified atom stereocenters. The lowest BCUT2D eigenvalue weighted by atomic mass is 10.2. The molecule has 1 fully saturated rings. The van der Waals surface area contributed by atoms with Gasteiger partial charge in [-0.25, -0.2) is 0 Å². The maximum Gasteiger partial charge on any atom is 0.253 e. The number of carbonyl (C=O) groups excluding carboxylic acids is 2. The summed E-state index contributed by atoms with van der Waals surface area (Å²) >= 11 is 8.06. The van der Waals surface area contributed by atoms with Crippen molar-refractivity contribution in [2.24, 2.45) is 0 Å². The van der Waals surface area contributed by atoms with E-state index in [4.69, 9.17) is 0 Å². The van der Waals surface area contributed by atoms with Crippen molar-refractivity contribution in [2.75, 3.05) is 0 Å². The first-order valence-electron chi connectivity index (χ1n) is 5.53. The molecular weight excluding hydrogens is 384 g/mol. The average molecular weight is 396 g/mol. The molecule has 18 heavy (non-hydrogen) atoms. The molecule has 1 aromatic heterocycles. The van der Waals surface area contributed by atoms with Crippen LogP contribution in [0.5, 0.6) is 0 Å². The Bertz CT molecular complexity index is 485. The topological polar surface area (TPSA) is 58.2 Å². The van der Waals surface area contributed by atoms with Crippen molar-refractivity contribution in [2.45, 2.75) is 31.8 Å². The summed E-state index contributed by atoms with van der Waals surface area (Å²) in [6, 6.07) is 1.51. The summed E-state index contributed by atoms with van der Waals surface area (Å²) in [5.74, 6) is -0.376. The first-order chi connectivity index (χ1) is 8.47. The maximum absolute atomic E-state index is 12.0. The fourth-order valence-corrected chi connectivity index (χ4v) is 4.18. The molecule has 0 radical (unpaired) electrons. The molecular formula is C11H12Br2N2O2S. The highest BCUT2D eigenvalue weighted by Crippen LogP contribution is 2.31. The third kappa shape index (κ3) is 3.55. The Balaban J connectivity index is 1.93. The van der Waals surface area contributed by atoms with Gasteiger partial charge in [0.05, 0.1) is 13.1 Å². The number of rotatable bonds is 4. The summed E-state index contributed by atoms with van der Waals surface area (Å²) in [7, 11) is 0. The standard InChI is InChI=1S/C11H12Br2N2O2S/c1-5(10(16)15-6-2-3-6)14-11(17)7-4-8(12)18-9(7)13/h4-6H,2-3H2,1H3,(H,14,17)(H,15,16). The van der Waals surface area contributed by atoms with Crippen LogP contribution in [-0.2, 0) is 4.79 Å². The van der Waals surface area contributed by atoms with E-state index in [1.54, 1.807) is 13.0 Å². The second-order valence-corrected chi connectivity index (χ2v) is 7.97. The summed E-state index contributed by atoms with van der Waals surface area (Å²) in [4.78, 5) is 23.7. The maximum atomic E-state index is 12.0. The summed E-state index contributed by atoms with van der Waals surface area (Å²) in [5.41, 5.74) is 0.540. The first-order valence-corrected chi connectivity index (χ1v) is 7.93. The Morgan fingerprint density at radius 2 is 2.11 bits per heavy atom. The molecule has 1 atom stereocenters. The minimum Gasteiger partial charge on any atom is -0.352 e. The number of thiophene rings is 1.